The van der Waals surface area contributed by atoms with Gasteiger partial charge in [0.15, 0.2) is 0 Å². The van der Waals surface area contributed by atoms with Crippen LogP contribution in [-0.2, 0) is 10.0 Å². The molecule has 0 unspecified atom stereocenters. The van der Waals surface area contributed by atoms with Gasteiger partial charge < -0.3 is 4.90 Å². The van der Waals surface area contributed by atoms with Crippen molar-refractivity contribution >= 4 is 15.9 Å². The van der Waals surface area contributed by atoms with E-state index in [2.05, 4.69) is 4.72 Å². The lowest BCUT2D eigenvalue weighted by Crippen LogP contribution is -2.32. The normalized spacial score (nSPS) is 12.0. The standard InChI is InChI=1S/C15H24N2O3S/c1-11(2)10-17(5)15(18)13-7-6-8-14(9-13)21(19,20)16-12(3)4/h6-9,11-12,16H,10H2,1-5H3. The molecule has 21 heavy (non-hydrogen) atoms. The number of amides is 1. The van der Waals surface area contributed by atoms with Crippen LogP contribution in [0.4, 0.5) is 0 Å². The van der Waals surface area contributed by atoms with Gasteiger partial charge in [-0.15, -0.1) is 0 Å². The van der Waals surface area contributed by atoms with E-state index >= 15 is 0 Å². The average Bonchev–Trinajstić information content (AvgIpc) is 2.35. The Balaban J connectivity index is 3.03. The molecule has 0 saturated heterocycles. The number of benzene rings is 1. The smallest absolute Gasteiger partial charge is 0.253 e. The van der Waals surface area contributed by atoms with Gasteiger partial charge in [0.1, 0.15) is 0 Å². The Labute approximate surface area is 127 Å². The molecular formula is C15H24N2O3S. The number of nitrogens with zero attached hydrogens (tertiary/aromatic N) is 1. The Morgan fingerprint density at radius 2 is 1.86 bits per heavy atom. The van der Waals surface area contributed by atoms with Crippen molar-refractivity contribution in [1.29, 1.82) is 0 Å². The van der Waals surface area contributed by atoms with Crippen LogP contribution in [0.5, 0.6) is 0 Å². The first-order chi connectivity index (χ1) is 9.63. The number of carbonyl (C=O) groups excluding carboxylic acids is 1. The van der Waals surface area contributed by atoms with E-state index in [0.717, 1.165) is 0 Å². The van der Waals surface area contributed by atoms with Crippen LogP contribution in [0.15, 0.2) is 29.2 Å². The number of rotatable bonds is 6. The highest BCUT2D eigenvalue weighted by Gasteiger charge is 2.19. The molecule has 1 aromatic carbocycles. The SMILES string of the molecule is CC(C)CN(C)C(=O)c1cccc(S(=O)(=O)NC(C)C)c1. The summed E-state index contributed by atoms with van der Waals surface area (Å²) in [6.07, 6.45) is 0. The van der Waals surface area contributed by atoms with Gasteiger partial charge in [0.05, 0.1) is 4.90 Å². The van der Waals surface area contributed by atoms with Crippen LogP contribution < -0.4 is 4.72 Å². The molecule has 1 N–H and O–H groups in total. The minimum Gasteiger partial charge on any atom is -0.341 e. The van der Waals surface area contributed by atoms with Crippen molar-refractivity contribution in [3.8, 4) is 0 Å². The lowest BCUT2D eigenvalue weighted by atomic mass is 10.1. The fraction of sp³-hybridized carbons (Fsp3) is 0.533. The van der Waals surface area contributed by atoms with Crippen LogP contribution in [0, 0.1) is 5.92 Å². The van der Waals surface area contributed by atoms with Crippen molar-refractivity contribution in [1.82, 2.24) is 9.62 Å². The first-order valence-electron chi connectivity index (χ1n) is 7.01. The summed E-state index contributed by atoms with van der Waals surface area (Å²) in [7, 11) is -1.87. The lowest BCUT2D eigenvalue weighted by Gasteiger charge is -2.19. The fourth-order valence-corrected chi connectivity index (χ4v) is 3.32. The van der Waals surface area contributed by atoms with Gasteiger partial charge in [-0.3, -0.25) is 4.79 Å². The van der Waals surface area contributed by atoms with E-state index < -0.39 is 10.0 Å². The first kappa shape index (κ1) is 17.7. The van der Waals surface area contributed by atoms with Crippen LogP contribution in [0.25, 0.3) is 0 Å². The molecule has 1 amide bonds. The highest BCUT2D eigenvalue weighted by molar-refractivity contribution is 7.89. The zero-order valence-electron chi connectivity index (χ0n) is 13.3. The first-order valence-corrected chi connectivity index (χ1v) is 8.49. The minimum absolute atomic E-state index is 0.111. The molecule has 1 rings (SSSR count). The van der Waals surface area contributed by atoms with Gasteiger partial charge in [-0.05, 0) is 38.0 Å². The third-order valence-corrected chi connectivity index (χ3v) is 4.42. The van der Waals surface area contributed by atoms with Gasteiger partial charge in [-0.25, -0.2) is 13.1 Å². The number of hydrogen-bond acceptors (Lipinski definition) is 3. The summed E-state index contributed by atoms with van der Waals surface area (Å²) < 4.78 is 26.8. The third-order valence-electron chi connectivity index (χ3n) is 2.77. The fourth-order valence-electron chi connectivity index (χ4n) is 2.03. The molecule has 0 aromatic heterocycles. The zero-order valence-corrected chi connectivity index (χ0v) is 14.1. The summed E-state index contributed by atoms with van der Waals surface area (Å²) in [5.41, 5.74) is 0.379. The van der Waals surface area contributed by atoms with E-state index in [1.54, 1.807) is 37.9 Å². The van der Waals surface area contributed by atoms with Crippen molar-refractivity contribution in [2.24, 2.45) is 5.92 Å². The maximum atomic E-state index is 12.3. The molecule has 0 bridgehead atoms. The maximum Gasteiger partial charge on any atom is 0.253 e. The molecule has 0 radical (unpaired) electrons. The van der Waals surface area contributed by atoms with E-state index in [1.165, 1.54) is 12.1 Å². The van der Waals surface area contributed by atoms with Gasteiger partial charge in [-0.2, -0.15) is 0 Å². The summed E-state index contributed by atoms with van der Waals surface area (Å²) in [5.74, 6) is 0.179. The molecule has 0 aliphatic heterocycles. The monoisotopic (exact) mass is 312 g/mol. The van der Waals surface area contributed by atoms with Crippen molar-refractivity contribution in [3.63, 3.8) is 0 Å². The van der Waals surface area contributed by atoms with Crippen molar-refractivity contribution < 1.29 is 13.2 Å². The van der Waals surface area contributed by atoms with Crippen molar-refractivity contribution in [3.05, 3.63) is 29.8 Å². The van der Waals surface area contributed by atoms with E-state index in [0.29, 0.717) is 18.0 Å². The molecule has 0 aliphatic carbocycles. The average molecular weight is 312 g/mol. The highest BCUT2D eigenvalue weighted by atomic mass is 32.2. The molecule has 118 valence electrons. The van der Waals surface area contributed by atoms with Crippen LogP contribution in [0.2, 0.25) is 0 Å². The van der Waals surface area contributed by atoms with E-state index in [4.69, 9.17) is 0 Å². The Kier molecular flexibility index (Phi) is 5.92. The van der Waals surface area contributed by atoms with Crippen LogP contribution in [-0.4, -0.2) is 38.9 Å². The summed E-state index contributed by atoms with van der Waals surface area (Å²) in [4.78, 5) is 14.0. The molecule has 0 fully saturated rings. The maximum absolute atomic E-state index is 12.3. The predicted molar refractivity (Wildman–Crippen MR) is 83.7 cm³/mol. The van der Waals surface area contributed by atoms with Crippen LogP contribution >= 0.6 is 0 Å². The second-order valence-electron chi connectivity index (χ2n) is 5.88. The predicted octanol–water partition coefficient (Wildman–Crippen LogP) is 2.10. The zero-order chi connectivity index (χ0) is 16.2. The molecule has 0 atom stereocenters. The molecule has 5 nitrogen and oxygen atoms in total. The molecule has 1 aromatic rings. The number of nitrogens with one attached hydrogen (secondary N) is 1. The Morgan fingerprint density at radius 1 is 1.24 bits per heavy atom. The Bertz CT molecular complexity index is 595. The van der Waals surface area contributed by atoms with Crippen molar-refractivity contribution in [2.45, 2.75) is 38.6 Å². The van der Waals surface area contributed by atoms with E-state index in [9.17, 15) is 13.2 Å². The topological polar surface area (TPSA) is 66.5 Å². The molecule has 0 aliphatic rings. The second-order valence-corrected chi connectivity index (χ2v) is 7.60. The van der Waals surface area contributed by atoms with Crippen LogP contribution in [0.1, 0.15) is 38.1 Å². The Morgan fingerprint density at radius 3 is 2.38 bits per heavy atom. The quantitative estimate of drug-likeness (QED) is 0.875. The summed E-state index contributed by atoms with van der Waals surface area (Å²) in [6, 6.07) is 5.94. The number of hydrogen-bond donors (Lipinski definition) is 1. The summed E-state index contributed by atoms with van der Waals surface area (Å²) in [5, 5.41) is 0. The van der Waals surface area contributed by atoms with Crippen LogP contribution in [0.3, 0.4) is 0 Å². The van der Waals surface area contributed by atoms with Gasteiger partial charge in [0.25, 0.3) is 5.91 Å². The largest absolute Gasteiger partial charge is 0.341 e. The molecular weight excluding hydrogens is 288 g/mol. The van der Waals surface area contributed by atoms with E-state index in [-0.39, 0.29) is 16.8 Å². The third kappa shape index (κ3) is 5.13. The minimum atomic E-state index is -3.59. The van der Waals surface area contributed by atoms with Gasteiger partial charge in [0, 0.05) is 25.2 Å². The van der Waals surface area contributed by atoms with Gasteiger partial charge >= 0.3 is 0 Å². The van der Waals surface area contributed by atoms with Crippen molar-refractivity contribution in [2.75, 3.05) is 13.6 Å². The lowest BCUT2D eigenvalue weighted by molar-refractivity contribution is 0.0779. The molecule has 0 heterocycles. The summed E-state index contributed by atoms with van der Waals surface area (Å²) in [6.45, 7) is 8.18. The highest BCUT2D eigenvalue weighted by Crippen LogP contribution is 2.14. The molecule has 0 spiro atoms. The molecule has 0 saturated carbocycles. The number of sulfonamides is 1. The van der Waals surface area contributed by atoms with Gasteiger partial charge in [-0.1, -0.05) is 19.9 Å². The second kappa shape index (κ2) is 7.04. The molecule has 6 heteroatoms. The summed E-state index contributed by atoms with van der Waals surface area (Å²) >= 11 is 0. The Hall–Kier alpha value is -1.40. The van der Waals surface area contributed by atoms with E-state index in [1.807, 2.05) is 13.8 Å². The number of carbonyl (C=O) groups is 1. The van der Waals surface area contributed by atoms with Gasteiger partial charge in [0.2, 0.25) is 10.0 Å².